The Morgan fingerprint density at radius 1 is 0.794 bits per heavy atom. The van der Waals surface area contributed by atoms with Gasteiger partial charge in [0.2, 0.25) is 5.82 Å². The third kappa shape index (κ3) is 3.93. The third-order valence-electron chi connectivity index (χ3n) is 5.90. The van der Waals surface area contributed by atoms with Crippen molar-refractivity contribution in [1.29, 1.82) is 0 Å². The average Bonchev–Trinajstić information content (AvgIpc) is 3.27. The molecule has 0 saturated heterocycles. The van der Waals surface area contributed by atoms with Gasteiger partial charge in [0.05, 0.1) is 21.2 Å². The monoisotopic (exact) mass is 488 g/mol. The van der Waals surface area contributed by atoms with Crippen LogP contribution in [0.4, 0.5) is 0 Å². The molecule has 6 heteroatoms. The van der Waals surface area contributed by atoms with Crippen molar-refractivity contribution in [2.45, 2.75) is 26.2 Å². The van der Waals surface area contributed by atoms with Crippen molar-refractivity contribution in [2.24, 2.45) is 0 Å². The summed E-state index contributed by atoms with van der Waals surface area (Å²) in [6.07, 6.45) is 0. The Bertz CT molecular complexity index is 1510. The minimum atomic E-state index is -0.184. The van der Waals surface area contributed by atoms with E-state index in [9.17, 15) is 5.11 Å². The number of rotatable bonds is 3. The van der Waals surface area contributed by atoms with Crippen LogP contribution >= 0.6 is 23.2 Å². The van der Waals surface area contributed by atoms with Gasteiger partial charge in [-0.05, 0) is 51.6 Å². The fraction of sp³-hybridized carbons (Fsp3) is 0.143. The standard InChI is InChI=1S/C28H22Cl2N2O2/c1-28(2,3)17-14-20(19-11-6-9-16-8-4-5-10-18(16)19)25(33)21(15-17)27-31-26(32-34-27)24-22(29)12-7-13-23(24)30/h4-15,33H,1-3H3. The minimum absolute atomic E-state index is 0.0739. The topological polar surface area (TPSA) is 59.2 Å². The average molecular weight is 489 g/mol. The molecule has 4 nitrogen and oxygen atoms in total. The molecule has 5 rings (SSSR count). The molecule has 0 spiro atoms. The van der Waals surface area contributed by atoms with E-state index in [0.29, 0.717) is 26.7 Å². The van der Waals surface area contributed by atoms with Crippen molar-refractivity contribution in [2.75, 3.05) is 0 Å². The van der Waals surface area contributed by atoms with Crippen LogP contribution in [0.3, 0.4) is 0 Å². The Morgan fingerprint density at radius 2 is 1.44 bits per heavy atom. The fourth-order valence-corrected chi connectivity index (χ4v) is 4.61. The van der Waals surface area contributed by atoms with Gasteiger partial charge < -0.3 is 9.63 Å². The molecule has 1 aromatic heterocycles. The Morgan fingerprint density at radius 3 is 2.18 bits per heavy atom. The number of aromatic nitrogens is 2. The van der Waals surface area contributed by atoms with Gasteiger partial charge in [0.1, 0.15) is 5.75 Å². The lowest BCUT2D eigenvalue weighted by molar-refractivity contribution is 0.425. The Kier molecular flexibility index (Phi) is 5.59. The predicted octanol–water partition coefficient (Wildman–Crippen LogP) is 8.53. The molecule has 0 atom stereocenters. The minimum Gasteiger partial charge on any atom is -0.506 e. The van der Waals surface area contributed by atoms with Crippen molar-refractivity contribution in [3.8, 4) is 39.7 Å². The summed E-state index contributed by atoms with van der Waals surface area (Å²) >= 11 is 12.7. The molecule has 0 amide bonds. The van der Waals surface area contributed by atoms with E-state index >= 15 is 0 Å². The van der Waals surface area contributed by atoms with Crippen LogP contribution in [0.15, 0.2) is 77.3 Å². The molecule has 0 radical (unpaired) electrons. The number of nitrogens with zero attached hydrogens (tertiary/aromatic N) is 2. The van der Waals surface area contributed by atoms with Crippen LogP contribution in [0.1, 0.15) is 26.3 Å². The second kappa shape index (κ2) is 8.46. The SMILES string of the molecule is CC(C)(C)c1cc(-c2nc(-c3c(Cl)cccc3Cl)no2)c(O)c(-c2cccc3ccccc23)c1. The van der Waals surface area contributed by atoms with Gasteiger partial charge in [0.25, 0.3) is 5.89 Å². The number of fused-ring (bicyclic) bond motifs is 1. The second-order valence-electron chi connectivity index (χ2n) is 9.22. The number of hydrogen-bond donors (Lipinski definition) is 1. The number of aromatic hydroxyl groups is 1. The maximum Gasteiger partial charge on any atom is 0.262 e. The summed E-state index contributed by atoms with van der Waals surface area (Å²) in [7, 11) is 0. The second-order valence-corrected chi connectivity index (χ2v) is 10.0. The summed E-state index contributed by atoms with van der Waals surface area (Å²) in [5, 5.41) is 18.5. The molecular formula is C28H22Cl2N2O2. The molecular weight excluding hydrogens is 467 g/mol. The Labute approximate surface area is 207 Å². The number of hydrogen-bond acceptors (Lipinski definition) is 4. The first kappa shape index (κ1) is 22.5. The van der Waals surface area contributed by atoms with E-state index < -0.39 is 0 Å². The fourth-order valence-electron chi connectivity index (χ4n) is 4.04. The zero-order valence-corrected chi connectivity index (χ0v) is 20.4. The van der Waals surface area contributed by atoms with Crippen LogP contribution in [-0.2, 0) is 5.41 Å². The van der Waals surface area contributed by atoms with E-state index in [2.05, 4.69) is 49.1 Å². The van der Waals surface area contributed by atoms with Gasteiger partial charge in [0.15, 0.2) is 0 Å². The van der Waals surface area contributed by atoms with Crippen molar-refractivity contribution < 1.29 is 9.63 Å². The molecule has 0 aliphatic heterocycles. The molecule has 34 heavy (non-hydrogen) atoms. The van der Waals surface area contributed by atoms with Gasteiger partial charge in [-0.25, -0.2) is 0 Å². The van der Waals surface area contributed by atoms with Gasteiger partial charge in [0, 0.05) is 5.56 Å². The summed E-state index contributed by atoms with van der Waals surface area (Å²) in [4.78, 5) is 4.55. The quantitative estimate of drug-likeness (QED) is 0.276. The molecule has 170 valence electrons. The molecule has 0 fully saturated rings. The molecule has 0 unspecified atom stereocenters. The maximum absolute atomic E-state index is 11.5. The molecule has 0 aliphatic carbocycles. The highest BCUT2D eigenvalue weighted by Gasteiger charge is 2.24. The van der Waals surface area contributed by atoms with Crippen molar-refractivity contribution in [3.63, 3.8) is 0 Å². The van der Waals surface area contributed by atoms with Gasteiger partial charge in [-0.3, -0.25) is 0 Å². The number of halogens is 2. The first-order valence-corrected chi connectivity index (χ1v) is 11.6. The highest BCUT2D eigenvalue weighted by atomic mass is 35.5. The summed E-state index contributed by atoms with van der Waals surface area (Å²) in [5.74, 6) is 0.527. The zero-order valence-electron chi connectivity index (χ0n) is 18.9. The van der Waals surface area contributed by atoms with E-state index in [0.717, 1.165) is 21.9 Å². The van der Waals surface area contributed by atoms with Gasteiger partial charge in [-0.15, -0.1) is 0 Å². The van der Waals surface area contributed by atoms with E-state index in [-0.39, 0.29) is 22.9 Å². The predicted molar refractivity (Wildman–Crippen MR) is 138 cm³/mol. The summed E-state index contributed by atoms with van der Waals surface area (Å²) in [5.41, 5.74) is 3.42. The van der Waals surface area contributed by atoms with Crippen molar-refractivity contribution in [1.82, 2.24) is 10.1 Å². The summed E-state index contributed by atoms with van der Waals surface area (Å²) in [6.45, 7) is 6.37. The third-order valence-corrected chi connectivity index (χ3v) is 6.53. The van der Waals surface area contributed by atoms with Crippen molar-refractivity contribution in [3.05, 3.63) is 88.4 Å². The molecule has 0 saturated carbocycles. The Balaban J connectivity index is 1.74. The molecule has 0 bridgehead atoms. The first-order valence-electron chi connectivity index (χ1n) is 10.9. The lowest BCUT2D eigenvalue weighted by Crippen LogP contribution is -2.11. The maximum atomic E-state index is 11.5. The largest absolute Gasteiger partial charge is 0.506 e. The van der Waals surface area contributed by atoms with Gasteiger partial charge in [-0.1, -0.05) is 97.7 Å². The van der Waals surface area contributed by atoms with Gasteiger partial charge in [-0.2, -0.15) is 4.98 Å². The van der Waals surface area contributed by atoms with Crippen LogP contribution in [0.25, 0.3) is 44.7 Å². The summed E-state index contributed by atoms with van der Waals surface area (Å²) < 4.78 is 5.60. The molecule has 1 heterocycles. The van der Waals surface area contributed by atoms with Crippen LogP contribution < -0.4 is 0 Å². The molecule has 0 aliphatic rings. The van der Waals surface area contributed by atoms with E-state index in [1.165, 1.54) is 0 Å². The number of benzene rings is 4. The summed E-state index contributed by atoms with van der Waals surface area (Å²) in [6, 6.07) is 23.3. The van der Waals surface area contributed by atoms with Crippen LogP contribution in [0.5, 0.6) is 5.75 Å². The highest BCUT2D eigenvalue weighted by Crippen LogP contribution is 2.44. The van der Waals surface area contributed by atoms with E-state index in [1.807, 2.05) is 36.4 Å². The first-order chi connectivity index (χ1) is 16.2. The normalized spacial score (nSPS) is 11.8. The lowest BCUT2D eigenvalue weighted by atomic mass is 9.83. The van der Waals surface area contributed by atoms with Crippen LogP contribution in [0, 0.1) is 0 Å². The zero-order chi connectivity index (χ0) is 24.0. The van der Waals surface area contributed by atoms with Gasteiger partial charge >= 0.3 is 0 Å². The van der Waals surface area contributed by atoms with Crippen LogP contribution in [0.2, 0.25) is 10.0 Å². The van der Waals surface area contributed by atoms with E-state index in [4.69, 9.17) is 27.7 Å². The Hall–Kier alpha value is -3.34. The molecule has 5 aromatic rings. The smallest absolute Gasteiger partial charge is 0.262 e. The molecule has 1 N–H and O–H groups in total. The lowest BCUT2D eigenvalue weighted by Gasteiger charge is -2.22. The number of phenols is 1. The van der Waals surface area contributed by atoms with Crippen LogP contribution in [-0.4, -0.2) is 15.2 Å². The van der Waals surface area contributed by atoms with Crippen molar-refractivity contribution >= 4 is 34.0 Å². The highest BCUT2D eigenvalue weighted by molar-refractivity contribution is 6.39. The van der Waals surface area contributed by atoms with E-state index in [1.54, 1.807) is 18.2 Å². The number of phenolic OH excluding ortho intramolecular Hbond substituents is 1. The molecule has 4 aromatic carbocycles.